The van der Waals surface area contributed by atoms with Crippen LogP contribution in [0.4, 0.5) is 11.4 Å². The number of nitriles is 1. The number of hydrogen-bond donors (Lipinski definition) is 1. The fourth-order valence-corrected chi connectivity index (χ4v) is 3.10. The van der Waals surface area contributed by atoms with Crippen molar-refractivity contribution in [3.05, 3.63) is 104 Å². The van der Waals surface area contributed by atoms with E-state index in [0.717, 1.165) is 11.6 Å². The Morgan fingerprint density at radius 2 is 1.88 bits per heavy atom. The SMILES string of the molecule is N#C/C(=C\c1ccc(OCc2cccc(Cl)c2)cc1)C(=O)Nc1ccc(Cl)c([N+](=O)[O-])c1. The van der Waals surface area contributed by atoms with Crippen LogP contribution in [0.2, 0.25) is 10.0 Å². The molecule has 0 fully saturated rings. The monoisotopic (exact) mass is 467 g/mol. The topological polar surface area (TPSA) is 105 Å². The van der Waals surface area contributed by atoms with E-state index in [0.29, 0.717) is 22.9 Å². The number of halogens is 2. The number of nitro groups is 1. The van der Waals surface area contributed by atoms with Crippen LogP contribution in [0.1, 0.15) is 11.1 Å². The first-order chi connectivity index (χ1) is 15.4. The van der Waals surface area contributed by atoms with Crippen molar-refractivity contribution in [1.82, 2.24) is 0 Å². The molecule has 9 heteroatoms. The minimum absolute atomic E-state index is 0.0540. The lowest BCUT2D eigenvalue weighted by molar-refractivity contribution is -0.384. The van der Waals surface area contributed by atoms with Gasteiger partial charge in [-0.15, -0.1) is 0 Å². The Morgan fingerprint density at radius 3 is 2.53 bits per heavy atom. The Labute approximate surface area is 193 Å². The van der Waals surface area contributed by atoms with Crippen LogP contribution in [0.15, 0.2) is 72.3 Å². The number of amides is 1. The quantitative estimate of drug-likeness (QED) is 0.197. The zero-order valence-electron chi connectivity index (χ0n) is 16.4. The van der Waals surface area contributed by atoms with E-state index in [9.17, 15) is 20.2 Å². The van der Waals surface area contributed by atoms with Gasteiger partial charge in [0.2, 0.25) is 0 Å². The van der Waals surface area contributed by atoms with Gasteiger partial charge in [0.15, 0.2) is 0 Å². The smallest absolute Gasteiger partial charge is 0.289 e. The highest BCUT2D eigenvalue weighted by Gasteiger charge is 2.15. The summed E-state index contributed by atoms with van der Waals surface area (Å²) < 4.78 is 5.71. The Balaban J connectivity index is 1.67. The standard InChI is InChI=1S/C23H15Cl2N3O4/c24-18-3-1-2-16(11-18)14-32-20-7-4-15(5-8-20)10-17(13-26)23(29)27-19-6-9-21(25)22(12-19)28(30)31/h1-12H,14H2,(H,27,29)/b17-10+. The lowest BCUT2D eigenvalue weighted by Crippen LogP contribution is -2.13. The van der Waals surface area contributed by atoms with E-state index < -0.39 is 10.8 Å². The molecule has 160 valence electrons. The molecule has 0 heterocycles. The van der Waals surface area contributed by atoms with Gasteiger partial charge in [0, 0.05) is 16.8 Å². The molecule has 1 N–H and O–H groups in total. The molecule has 3 rings (SSSR count). The number of nitro benzene ring substituents is 1. The average molecular weight is 468 g/mol. The summed E-state index contributed by atoms with van der Waals surface area (Å²) in [6, 6.07) is 19.8. The molecule has 1 amide bonds. The van der Waals surface area contributed by atoms with Crippen LogP contribution in [0.25, 0.3) is 6.08 Å². The number of carbonyl (C=O) groups excluding carboxylic acids is 1. The normalized spacial score (nSPS) is 10.8. The van der Waals surface area contributed by atoms with Crippen molar-refractivity contribution in [3.8, 4) is 11.8 Å². The van der Waals surface area contributed by atoms with Crippen molar-refractivity contribution < 1.29 is 14.5 Å². The molecular formula is C23H15Cl2N3O4. The maximum Gasteiger partial charge on any atom is 0.289 e. The summed E-state index contributed by atoms with van der Waals surface area (Å²) in [6.07, 6.45) is 1.40. The maximum absolute atomic E-state index is 12.4. The van der Waals surface area contributed by atoms with Crippen molar-refractivity contribution in [3.63, 3.8) is 0 Å². The number of nitrogens with zero attached hydrogens (tertiary/aromatic N) is 2. The van der Waals surface area contributed by atoms with Crippen molar-refractivity contribution >= 4 is 46.6 Å². The summed E-state index contributed by atoms with van der Waals surface area (Å²) in [6.45, 7) is 0.342. The van der Waals surface area contributed by atoms with Crippen LogP contribution < -0.4 is 10.1 Å². The van der Waals surface area contributed by atoms with Gasteiger partial charge < -0.3 is 10.1 Å². The van der Waals surface area contributed by atoms with Crippen LogP contribution >= 0.6 is 23.2 Å². The van der Waals surface area contributed by atoms with Crippen molar-refractivity contribution in [1.29, 1.82) is 5.26 Å². The van der Waals surface area contributed by atoms with E-state index in [1.165, 1.54) is 18.2 Å². The van der Waals surface area contributed by atoms with Crippen molar-refractivity contribution in [2.45, 2.75) is 6.61 Å². The molecule has 7 nitrogen and oxygen atoms in total. The minimum atomic E-state index is -0.703. The Morgan fingerprint density at radius 1 is 1.12 bits per heavy atom. The zero-order chi connectivity index (χ0) is 23.1. The molecule has 32 heavy (non-hydrogen) atoms. The van der Waals surface area contributed by atoms with Crippen molar-refractivity contribution in [2.24, 2.45) is 0 Å². The van der Waals surface area contributed by atoms with Gasteiger partial charge in [-0.25, -0.2) is 0 Å². The van der Waals surface area contributed by atoms with Gasteiger partial charge in [-0.1, -0.05) is 47.5 Å². The predicted molar refractivity (Wildman–Crippen MR) is 123 cm³/mol. The highest BCUT2D eigenvalue weighted by atomic mass is 35.5. The minimum Gasteiger partial charge on any atom is -0.489 e. The molecule has 0 saturated carbocycles. The summed E-state index contributed by atoms with van der Waals surface area (Å²) >= 11 is 11.7. The van der Waals surface area contributed by atoms with Crippen LogP contribution in [-0.2, 0) is 11.4 Å². The number of anilines is 1. The molecule has 0 aliphatic carbocycles. The third-order valence-corrected chi connectivity index (χ3v) is 4.81. The predicted octanol–water partition coefficient (Wildman–Crippen LogP) is 6.03. The molecule has 3 aromatic rings. The van der Waals surface area contributed by atoms with E-state index in [2.05, 4.69) is 5.32 Å². The summed E-state index contributed by atoms with van der Waals surface area (Å²) in [5.41, 5.74) is 1.16. The molecule has 0 bridgehead atoms. The highest BCUT2D eigenvalue weighted by molar-refractivity contribution is 6.32. The van der Waals surface area contributed by atoms with E-state index in [-0.39, 0.29) is 22.0 Å². The molecule has 0 aliphatic rings. The van der Waals surface area contributed by atoms with Gasteiger partial charge in [0.25, 0.3) is 11.6 Å². The maximum atomic E-state index is 12.4. The first-order valence-electron chi connectivity index (χ1n) is 9.20. The molecule has 0 radical (unpaired) electrons. The number of ether oxygens (including phenoxy) is 1. The molecule has 3 aromatic carbocycles. The van der Waals surface area contributed by atoms with Gasteiger partial charge in [0.1, 0.15) is 29.0 Å². The van der Waals surface area contributed by atoms with Gasteiger partial charge in [-0.05, 0) is 53.6 Å². The van der Waals surface area contributed by atoms with E-state index in [1.54, 1.807) is 30.3 Å². The molecule has 0 saturated heterocycles. The van der Waals surface area contributed by atoms with Crippen LogP contribution in [-0.4, -0.2) is 10.8 Å². The van der Waals surface area contributed by atoms with Gasteiger partial charge >= 0.3 is 0 Å². The summed E-state index contributed by atoms with van der Waals surface area (Å²) in [5, 5.41) is 23.4. The highest BCUT2D eigenvalue weighted by Crippen LogP contribution is 2.27. The molecule has 0 aromatic heterocycles. The molecule has 0 aliphatic heterocycles. The van der Waals surface area contributed by atoms with Gasteiger partial charge in [-0.3, -0.25) is 14.9 Å². The fourth-order valence-electron chi connectivity index (χ4n) is 2.70. The van der Waals surface area contributed by atoms with E-state index in [1.807, 2.05) is 24.3 Å². The second kappa shape index (κ2) is 10.4. The second-order valence-corrected chi connectivity index (χ2v) is 7.38. The fraction of sp³-hybridized carbons (Fsp3) is 0.0435. The third-order valence-electron chi connectivity index (χ3n) is 4.25. The average Bonchev–Trinajstić information content (AvgIpc) is 2.78. The number of nitrogens with one attached hydrogen (secondary N) is 1. The number of hydrogen-bond acceptors (Lipinski definition) is 5. The first kappa shape index (κ1) is 22.8. The lowest BCUT2D eigenvalue weighted by Gasteiger charge is -2.07. The first-order valence-corrected chi connectivity index (χ1v) is 9.95. The van der Waals surface area contributed by atoms with Gasteiger partial charge in [-0.2, -0.15) is 5.26 Å². The molecular weight excluding hydrogens is 453 g/mol. The van der Waals surface area contributed by atoms with Crippen LogP contribution in [0, 0.1) is 21.4 Å². The Hall–Kier alpha value is -3.86. The Kier molecular flexibility index (Phi) is 7.45. The number of carbonyl (C=O) groups is 1. The summed E-state index contributed by atoms with van der Waals surface area (Å²) in [5.74, 6) is -0.0936. The van der Waals surface area contributed by atoms with Crippen LogP contribution in [0.5, 0.6) is 5.75 Å². The lowest BCUT2D eigenvalue weighted by atomic mass is 10.1. The largest absolute Gasteiger partial charge is 0.489 e. The third kappa shape index (κ3) is 6.08. The second-order valence-electron chi connectivity index (χ2n) is 6.53. The Bertz CT molecular complexity index is 1230. The van der Waals surface area contributed by atoms with Crippen LogP contribution in [0.3, 0.4) is 0 Å². The van der Waals surface area contributed by atoms with E-state index in [4.69, 9.17) is 27.9 Å². The molecule has 0 unspecified atom stereocenters. The van der Waals surface area contributed by atoms with Gasteiger partial charge in [0.05, 0.1) is 4.92 Å². The molecule has 0 spiro atoms. The summed E-state index contributed by atoms with van der Waals surface area (Å²) in [7, 11) is 0. The van der Waals surface area contributed by atoms with E-state index >= 15 is 0 Å². The van der Waals surface area contributed by atoms with Crippen molar-refractivity contribution in [2.75, 3.05) is 5.32 Å². The summed E-state index contributed by atoms with van der Waals surface area (Å²) in [4.78, 5) is 22.8. The molecule has 0 atom stereocenters. The number of rotatable bonds is 7. The number of benzene rings is 3. The zero-order valence-corrected chi connectivity index (χ0v) is 17.9.